The molecule has 102 valence electrons. The van der Waals surface area contributed by atoms with Gasteiger partial charge in [-0.25, -0.2) is 0 Å². The summed E-state index contributed by atoms with van der Waals surface area (Å²) in [6.07, 6.45) is 0. The fraction of sp³-hybridized carbons (Fsp3) is 0.333. The van der Waals surface area contributed by atoms with Crippen LogP contribution in [0, 0.1) is 13.8 Å². The Morgan fingerprint density at radius 3 is 2.42 bits per heavy atom. The largest absolute Gasteiger partial charge is 0.306 e. The zero-order chi connectivity index (χ0) is 14.0. The van der Waals surface area contributed by atoms with E-state index in [9.17, 15) is 0 Å². The predicted octanol–water partition coefficient (Wildman–Crippen LogP) is 5.37. The lowest BCUT2D eigenvalue weighted by atomic mass is 9.99. The molecule has 0 amide bonds. The van der Waals surface area contributed by atoms with Crippen LogP contribution in [0.1, 0.15) is 33.8 Å². The van der Waals surface area contributed by atoms with Crippen molar-refractivity contribution in [3.63, 3.8) is 0 Å². The Morgan fingerprint density at radius 2 is 1.89 bits per heavy atom. The molecule has 0 aliphatic rings. The molecule has 1 heterocycles. The quantitative estimate of drug-likeness (QED) is 0.800. The minimum atomic E-state index is 0.125. The van der Waals surface area contributed by atoms with Gasteiger partial charge in [-0.3, -0.25) is 0 Å². The van der Waals surface area contributed by atoms with Crippen LogP contribution in [0.25, 0.3) is 0 Å². The van der Waals surface area contributed by atoms with Gasteiger partial charge in [0, 0.05) is 19.8 Å². The highest BCUT2D eigenvalue weighted by Gasteiger charge is 2.19. The SMILES string of the molecule is CCNC(c1ccc(Cl)cc1Cl)c1cc(C)sc1C. The molecule has 0 bridgehead atoms. The van der Waals surface area contributed by atoms with E-state index in [4.69, 9.17) is 23.2 Å². The highest BCUT2D eigenvalue weighted by Crippen LogP contribution is 2.34. The Balaban J connectivity index is 2.48. The van der Waals surface area contributed by atoms with Crippen LogP contribution in [-0.2, 0) is 0 Å². The molecule has 0 aliphatic carbocycles. The second-order valence-electron chi connectivity index (χ2n) is 4.53. The third kappa shape index (κ3) is 3.32. The van der Waals surface area contributed by atoms with Gasteiger partial charge in [-0.15, -0.1) is 11.3 Å². The van der Waals surface area contributed by atoms with Gasteiger partial charge in [0.25, 0.3) is 0 Å². The summed E-state index contributed by atoms with van der Waals surface area (Å²) in [6, 6.07) is 8.06. The summed E-state index contributed by atoms with van der Waals surface area (Å²) in [5.74, 6) is 0. The number of benzene rings is 1. The maximum atomic E-state index is 6.35. The number of hydrogen-bond acceptors (Lipinski definition) is 2. The van der Waals surface area contributed by atoms with Crippen LogP contribution in [0.5, 0.6) is 0 Å². The van der Waals surface area contributed by atoms with E-state index < -0.39 is 0 Å². The van der Waals surface area contributed by atoms with Crippen molar-refractivity contribution >= 4 is 34.5 Å². The standard InChI is InChI=1S/C15H17Cl2NS/c1-4-18-15(13-7-9(2)19-10(13)3)12-6-5-11(16)8-14(12)17/h5-8,15,18H,4H2,1-3H3. The van der Waals surface area contributed by atoms with Crippen molar-refractivity contribution in [1.82, 2.24) is 5.32 Å². The summed E-state index contributed by atoms with van der Waals surface area (Å²) in [5, 5.41) is 4.89. The van der Waals surface area contributed by atoms with Crippen LogP contribution in [0.2, 0.25) is 10.0 Å². The Labute approximate surface area is 128 Å². The fourth-order valence-corrected chi connectivity index (χ4v) is 3.75. The van der Waals surface area contributed by atoms with Gasteiger partial charge < -0.3 is 5.32 Å². The fourth-order valence-electron chi connectivity index (χ4n) is 2.26. The lowest BCUT2D eigenvalue weighted by Crippen LogP contribution is -2.22. The van der Waals surface area contributed by atoms with Gasteiger partial charge >= 0.3 is 0 Å². The van der Waals surface area contributed by atoms with E-state index in [1.54, 1.807) is 6.07 Å². The van der Waals surface area contributed by atoms with Crippen LogP contribution in [0.3, 0.4) is 0 Å². The number of nitrogens with one attached hydrogen (secondary N) is 1. The van der Waals surface area contributed by atoms with Crippen molar-refractivity contribution < 1.29 is 0 Å². The van der Waals surface area contributed by atoms with E-state index >= 15 is 0 Å². The first-order valence-corrected chi connectivity index (χ1v) is 7.85. The summed E-state index contributed by atoms with van der Waals surface area (Å²) in [5.41, 5.74) is 2.38. The predicted molar refractivity (Wildman–Crippen MR) is 85.8 cm³/mol. The second kappa shape index (κ2) is 6.27. The van der Waals surface area contributed by atoms with Crippen LogP contribution >= 0.6 is 34.5 Å². The first kappa shape index (κ1) is 14.9. The maximum Gasteiger partial charge on any atom is 0.0602 e. The van der Waals surface area contributed by atoms with E-state index in [0.717, 1.165) is 12.1 Å². The Morgan fingerprint density at radius 1 is 1.16 bits per heavy atom. The van der Waals surface area contributed by atoms with E-state index in [1.165, 1.54) is 15.3 Å². The molecule has 0 saturated carbocycles. The molecule has 0 fully saturated rings. The first-order chi connectivity index (χ1) is 9.02. The first-order valence-electron chi connectivity index (χ1n) is 6.28. The summed E-state index contributed by atoms with van der Waals surface area (Å²) < 4.78 is 0. The van der Waals surface area contributed by atoms with Crippen molar-refractivity contribution in [2.24, 2.45) is 0 Å². The normalized spacial score (nSPS) is 12.7. The van der Waals surface area contributed by atoms with E-state index in [2.05, 4.69) is 32.2 Å². The van der Waals surface area contributed by atoms with E-state index in [-0.39, 0.29) is 6.04 Å². The van der Waals surface area contributed by atoms with Crippen LogP contribution < -0.4 is 5.32 Å². The molecule has 1 N–H and O–H groups in total. The molecular formula is C15H17Cl2NS. The lowest BCUT2D eigenvalue weighted by molar-refractivity contribution is 0.630. The Bertz CT molecular complexity index is 578. The molecule has 1 aromatic heterocycles. The molecule has 0 spiro atoms. The van der Waals surface area contributed by atoms with Gasteiger partial charge in [0.2, 0.25) is 0 Å². The molecule has 1 nitrogen and oxygen atoms in total. The number of aryl methyl sites for hydroxylation is 2. The molecule has 4 heteroatoms. The van der Waals surface area contributed by atoms with Crippen LogP contribution in [0.15, 0.2) is 24.3 Å². The summed E-state index contributed by atoms with van der Waals surface area (Å²) >= 11 is 14.1. The minimum Gasteiger partial charge on any atom is -0.306 e. The van der Waals surface area contributed by atoms with Gasteiger partial charge in [0.15, 0.2) is 0 Å². The van der Waals surface area contributed by atoms with Gasteiger partial charge in [-0.2, -0.15) is 0 Å². The number of rotatable bonds is 4. The molecule has 1 unspecified atom stereocenters. The summed E-state index contributed by atoms with van der Waals surface area (Å²) in [4.78, 5) is 2.65. The third-order valence-electron chi connectivity index (χ3n) is 3.07. The van der Waals surface area contributed by atoms with Crippen molar-refractivity contribution in [1.29, 1.82) is 0 Å². The highest BCUT2D eigenvalue weighted by atomic mass is 35.5. The molecule has 1 aromatic carbocycles. The van der Waals surface area contributed by atoms with E-state index in [0.29, 0.717) is 10.0 Å². The van der Waals surface area contributed by atoms with E-state index in [1.807, 2.05) is 23.5 Å². The molecule has 2 rings (SSSR count). The average Bonchev–Trinajstić information content (AvgIpc) is 2.66. The summed E-state index contributed by atoms with van der Waals surface area (Å²) in [6.45, 7) is 7.28. The molecule has 0 aliphatic heterocycles. The maximum absolute atomic E-state index is 6.35. The average molecular weight is 314 g/mol. The van der Waals surface area contributed by atoms with Crippen LogP contribution in [0.4, 0.5) is 0 Å². The van der Waals surface area contributed by atoms with Crippen molar-refractivity contribution in [2.45, 2.75) is 26.8 Å². The molecule has 1 atom stereocenters. The van der Waals surface area contributed by atoms with Crippen molar-refractivity contribution in [2.75, 3.05) is 6.54 Å². The molecular weight excluding hydrogens is 297 g/mol. The Kier molecular flexibility index (Phi) is 4.91. The molecule has 0 saturated heterocycles. The summed E-state index contributed by atoms with van der Waals surface area (Å²) in [7, 11) is 0. The molecule has 0 radical (unpaired) electrons. The van der Waals surface area contributed by atoms with Gasteiger partial charge in [-0.05, 0) is 49.7 Å². The smallest absolute Gasteiger partial charge is 0.0602 e. The topological polar surface area (TPSA) is 12.0 Å². The zero-order valence-corrected chi connectivity index (χ0v) is 13.6. The number of hydrogen-bond donors (Lipinski definition) is 1. The van der Waals surface area contributed by atoms with Gasteiger partial charge in [0.1, 0.15) is 0 Å². The highest BCUT2D eigenvalue weighted by molar-refractivity contribution is 7.12. The monoisotopic (exact) mass is 313 g/mol. The van der Waals surface area contributed by atoms with Crippen molar-refractivity contribution in [3.05, 3.63) is 55.2 Å². The number of halogens is 2. The van der Waals surface area contributed by atoms with Gasteiger partial charge in [-0.1, -0.05) is 36.2 Å². The third-order valence-corrected chi connectivity index (χ3v) is 4.62. The zero-order valence-electron chi connectivity index (χ0n) is 11.3. The Hall–Kier alpha value is -0.540. The lowest BCUT2D eigenvalue weighted by Gasteiger charge is -2.20. The number of thiophene rings is 1. The molecule has 2 aromatic rings. The van der Waals surface area contributed by atoms with Crippen LogP contribution in [-0.4, -0.2) is 6.54 Å². The molecule has 19 heavy (non-hydrogen) atoms. The van der Waals surface area contributed by atoms with Crippen molar-refractivity contribution in [3.8, 4) is 0 Å². The van der Waals surface area contributed by atoms with Gasteiger partial charge in [0.05, 0.1) is 6.04 Å². The minimum absolute atomic E-state index is 0.125. The second-order valence-corrected chi connectivity index (χ2v) is 6.83.